The quantitative estimate of drug-likeness (QED) is 0.643. The summed E-state index contributed by atoms with van der Waals surface area (Å²) < 4.78 is 5.48. The Morgan fingerprint density at radius 2 is 1.69 bits per heavy atom. The molecule has 0 spiro atoms. The van der Waals surface area contributed by atoms with Crippen molar-refractivity contribution in [2.24, 2.45) is 5.10 Å². The molecule has 0 radical (unpaired) electrons. The van der Waals surface area contributed by atoms with Crippen molar-refractivity contribution in [1.82, 2.24) is 10.3 Å². The highest BCUT2D eigenvalue weighted by Crippen LogP contribution is 2.23. The lowest BCUT2D eigenvalue weighted by molar-refractivity contribution is -0.120. The van der Waals surface area contributed by atoms with Crippen LogP contribution in [0.3, 0.4) is 0 Å². The highest BCUT2D eigenvalue weighted by molar-refractivity contribution is 5.90. The standard InChI is InChI=1S/C21H25N3O2/c1-17(22-23-20(25)16-18-8-4-2-5-9-18)21(19-10-6-3-7-11-19)24-12-14-26-15-13-24/h2-11,21H,12-16H2,1H3,(H,23,25)/b22-17-/t21-/m0/s1. The van der Waals surface area contributed by atoms with Crippen molar-refractivity contribution in [2.75, 3.05) is 26.3 Å². The topological polar surface area (TPSA) is 53.9 Å². The summed E-state index contributed by atoms with van der Waals surface area (Å²) in [5.41, 5.74) is 5.74. The number of morpholine rings is 1. The van der Waals surface area contributed by atoms with Crippen LogP contribution >= 0.6 is 0 Å². The van der Waals surface area contributed by atoms with E-state index in [0.717, 1.165) is 37.6 Å². The SMILES string of the molecule is C/C(=N/NC(=O)Cc1ccccc1)[C@@H](c1ccccc1)N1CCOCC1. The molecular formula is C21H25N3O2. The Balaban J connectivity index is 1.70. The number of benzene rings is 2. The lowest BCUT2D eigenvalue weighted by Gasteiger charge is -2.34. The fraction of sp³-hybridized carbons (Fsp3) is 0.333. The van der Waals surface area contributed by atoms with Crippen LogP contribution in [0.2, 0.25) is 0 Å². The number of amides is 1. The van der Waals surface area contributed by atoms with Gasteiger partial charge in [0.25, 0.3) is 0 Å². The normalized spacial score (nSPS) is 16.9. The minimum absolute atomic E-state index is 0.0390. The monoisotopic (exact) mass is 351 g/mol. The summed E-state index contributed by atoms with van der Waals surface area (Å²) >= 11 is 0. The number of nitrogens with zero attached hydrogens (tertiary/aromatic N) is 2. The molecular weight excluding hydrogens is 326 g/mol. The minimum Gasteiger partial charge on any atom is -0.379 e. The van der Waals surface area contributed by atoms with Crippen molar-refractivity contribution < 1.29 is 9.53 Å². The second-order valence-electron chi connectivity index (χ2n) is 6.41. The number of hydrazone groups is 1. The van der Waals surface area contributed by atoms with Crippen molar-refractivity contribution in [2.45, 2.75) is 19.4 Å². The van der Waals surface area contributed by atoms with E-state index in [2.05, 4.69) is 27.6 Å². The first-order valence-corrected chi connectivity index (χ1v) is 8.98. The molecule has 26 heavy (non-hydrogen) atoms. The Bertz CT molecular complexity index is 725. The molecule has 1 N–H and O–H groups in total. The van der Waals surface area contributed by atoms with Crippen molar-refractivity contribution in [3.63, 3.8) is 0 Å². The highest BCUT2D eigenvalue weighted by Gasteiger charge is 2.25. The molecule has 2 aromatic rings. The van der Waals surface area contributed by atoms with Crippen LogP contribution in [-0.2, 0) is 16.0 Å². The van der Waals surface area contributed by atoms with Crippen LogP contribution < -0.4 is 5.43 Å². The fourth-order valence-corrected chi connectivity index (χ4v) is 3.22. The predicted octanol–water partition coefficient (Wildman–Crippen LogP) is 2.79. The maximum atomic E-state index is 12.2. The molecule has 0 aromatic heterocycles. The lowest BCUT2D eigenvalue weighted by Crippen LogP contribution is -2.42. The maximum absolute atomic E-state index is 12.2. The second-order valence-corrected chi connectivity index (χ2v) is 6.41. The van der Waals surface area contributed by atoms with Crippen LogP contribution in [0.25, 0.3) is 0 Å². The predicted molar refractivity (Wildman–Crippen MR) is 103 cm³/mol. The van der Waals surface area contributed by atoms with Crippen LogP contribution in [0.15, 0.2) is 65.8 Å². The van der Waals surface area contributed by atoms with E-state index < -0.39 is 0 Å². The van der Waals surface area contributed by atoms with Crippen LogP contribution in [0, 0.1) is 0 Å². The maximum Gasteiger partial charge on any atom is 0.244 e. The molecule has 1 aliphatic heterocycles. The smallest absolute Gasteiger partial charge is 0.244 e. The van der Waals surface area contributed by atoms with E-state index in [-0.39, 0.29) is 11.9 Å². The average Bonchev–Trinajstić information content (AvgIpc) is 2.69. The molecule has 5 heteroatoms. The number of nitrogens with one attached hydrogen (secondary N) is 1. The van der Waals surface area contributed by atoms with Gasteiger partial charge in [-0.1, -0.05) is 60.7 Å². The van der Waals surface area contributed by atoms with Crippen LogP contribution in [0.1, 0.15) is 24.1 Å². The molecule has 2 aromatic carbocycles. The Morgan fingerprint density at radius 3 is 2.35 bits per heavy atom. The van der Waals surface area contributed by atoms with Crippen molar-refractivity contribution in [1.29, 1.82) is 0 Å². The zero-order valence-corrected chi connectivity index (χ0v) is 15.1. The van der Waals surface area contributed by atoms with E-state index in [9.17, 15) is 4.79 Å². The molecule has 1 saturated heterocycles. The van der Waals surface area contributed by atoms with Gasteiger partial charge in [0.1, 0.15) is 0 Å². The van der Waals surface area contributed by atoms with E-state index in [4.69, 9.17) is 4.74 Å². The number of carbonyl (C=O) groups excluding carboxylic acids is 1. The summed E-state index contributed by atoms with van der Waals surface area (Å²) in [5, 5.41) is 4.41. The van der Waals surface area contributed by atoms with Gasteiger partial charge in [-0.3, -0.25) is 9.69 Å². The Hall–Kier alpha value is -2.50. The first-order valence-electron chi connectivity index (χ1n) is 8.98. The minimum atomic E-state index is -0.107. The first-order chi connectivity index (χ1) is 12.7. The third-order valence-electron chi connectivity index (χ3n) is 4.49. The molecule has 1 fully saturated rings. The Morgan fingerprint density at radius 1 is 1.08 bits per heavy atom. The van der Waals surface area contributed by atoms with Crippen molar-refractivity contribution in [3.8, 4) is 0 Å². The van der Waals surface area contributed by atoms with Gasteiger partial charge in [-0.2, -0.15) is 5.10 Å². The number of hydrogen-bond acceptors (Lipinski definition) is 4. The van der Waals surface area contributed by atoms with Gasteiger partial charge in [0, 0.05) is 13.1 Å². The summed E-state index contributed by atoms with van der Waals surface area (Å²) in [6, 6.07) is 20.0. The van der Waals surface area contributed by atoms with Gasteiger partial charge in [-0.25, -0.2) is 5.43 Å². The van der Waals surface area contributed by atoms with Gasteiger partial charge in [0.05, 0.1) is 31.4 Å². The van der Waals surface area contributed by atoms with Crippen LogP contribution in [-0.4, -0.2) is 42.8 Å². The molecule has 1 amide bonds. The number of hydrogen-bond donors (Lipinski definition) is 1. The van der Waals surface area contributed by atoms with E-state index in [1.165, 1.54) is 5.56 Å². The van der Waals surface area contributed by atoms with Gasteiger partial charge >= 0.3 is 0 Å². The van der Waals surface area contributed by atoms with Gasteiger partial charge in [0.2, 0.25) is 5.91 Å². The van der Waals surface area contributed by atoms with Crippen LogP contribution in [0.4, 0.5) is 0 Å². The fourth-order valence-electron chi connectivity index (χ4n) is 3.22. The van der Waals surface area contributed by atoms with Crippen molar-refractivity contribution >= 4 is 11.6 Å². The molecule has 3 rings (SSSR count). The molecule has 1 heterocycles. The zero-order chi connectivity index (χ0) is 18.2. The third kappa shape index (κ3) is 5.00. The van der Waals surface area contributed by atoms with Gasteiger partial charge in [0.15, 0.2) is 0 Å². The summed E-state index contributed by atoms with van der Waals surface area (Å²) in [6.45, 7) is 5.11. The van der Waals surface area contributed by atoms with Gasteiger partial charge in [-0.05, 0) is 18.1 Å². The summed E-state index contributed by atoms with van der Waals surface area (Å²) in [7, 11) is 0. The average molecular weight is 351 g/mol. The Labute approximate surface area is 154 Å². The molecule has 0 aliphatic carbocycles. The number of rotatable bonds is 6. The van der Waals surface area contributed by atoms with Crippen LogP contribution in [0.5, 0.6) is 0 Å². The molecule has 0 bridgehead atoms. The van der Waals surface area contributed by atoms with Gasteiger partial charge < -0.3 is 4.74 Å². The molecule has 1 atom stereocenters. The third-order valence-corrected chi connectivity index (χ3v) is 4.49. The zero-order valence-electron chi connectivity index (χ0n) is 15.1. The van der Waals surface area contributed by atoms with E-state index in [1.54, 1.807) is 0 Å². The molecule has 0 unspecified atom stereocenters. The van der Waals surface area contributed by atoms with E-state index in [0.29, 0.717) is 6.42 Å². The Kier molecular flexibility index (Phi) is 6.52. The number of carbonyl (C=O) groups is 1. The summed E-state index contributed by atoms with van der Waals surface area (Å²) in [5.74, 6) is -0.107. The summed E-state index contributed by atoms with van der Waals surface area (Å²) in [6.07, 6.45) is 0.325. The lowest BCUT2D eigenvalue weighted by atomic mass is 10.0. The molecule has 5 nitrogen and oxygen atoms in total. The largest absolute Gasteiger partial charge is 0.379 e. The van der Waals surface area contributed by atoms with Crippen molar-refractivity contribution in [3.05, 3.63) is 71.8 Å². The second kappa shape index (κ2) is 9.27. The van der Waals surface area contributed by atoms with Gasteiger partial charge in [-0.15, -0.1) is 0 Å². The summed E-state index contributed by atoms with van der Waals surface area (Å²) in [4.78, 5) is 14.5. The highest BCUT2D eigenvalue weighted by atomic mass is 16.5. The first kappa shape index (κ1) is 18.3. The molecule has 136 valence electrons. The van der Waals surface area contributed by atoms with E-state index >= 15 is 0 Å². The number of ether oxygens (including phenoxy) is 1. The molecule has 1 aliphatic rings. The molecule has 0 saturated carbocycles. The van der Waals surface area contributed by atoms with E-state index in [1.807, 2.05) is 55.5 Å².